The summed E-state index contributed by atoms with van der Waals surface area (Å²) in [6, 6.07) is 14.9. The number of rotatable bonds is 2. The van der Waals surface area contributed by atoms with E-state index in [9.17, 15) is 9.90 Å². The summed E-state index contributed by atoms with van der Waals surface area (Å²) in [5, 5.41) is 16.0. The van der Waals surface area contributed by atoms with Gasteiger partial charge in [-0.1, -0.05) is 48.0 Å². The zero-order valence-corrected chi connectivity index (χ0v) is 12.7. The highest BCUT2D eigenvalue weighted by Gasteiger charge is 2.32. The van der Waals surface area contributed by atoms with Crippen LogP contribution in [0, 0.1) is 6.92 Å². The Bertz CT molecular complexity index is 735. The van der Waals surface area contributed by atoms with Crippen LogP contribution in [0.5, 0.6) is 5.75 Å². The molecule has 1 heterocycles. The maximum absolute atomic E-state index is 11.9. The number of phenols is 1. The molecular weight excluding hydrogens is 276 g/mol. The maximum atomic E-state index is 11.9. The minimum Gasteiger partial charge on any atom is -0.508 e. The molecule has 1 aliphatic rings. The number of amides is 1. The van der Waals surface area contributed by atoms with Crippen LogP contribution < -0.4 is 0 Å². The van der Waals surface area contributed by atoms with Gasteiger partial charge in [0.05, 0.1) is 11.8 Å². The summed E-state index contributed by atoms with van der Waals surface area (Å²) >= 11 is 0. The first-order valence-corrected chi connectivity index (χ1v) is 7.28. The van der Waals surface area contributed by atoms with Crippen LogP contribution in [-0.4, -0.2) is 21.7 Å². The van der Waals surface area contributed by atoms with Gasteiger partial charge in [0.25, 0.3) is 0 Å². The molecule has 22 heavy (non-hydrogen) atoms. The van der Waals surface area contributed by atoms with Crippen LogP contribution >= 0.6 is 0 Å². The second-order valence-corrected chi connectivity index (χ2v) is 5.56. The fraction of sp³-hybridized carbons (Fsp3) is 0.222. The van der Waals surface area contributed by atoms with E-state index in [4.69, 9.17) is 0 Å². The lowest BCUT2D eigenvalue weighted by Gasteiger charge is -2.21. The highest BCUT2D eigenvalue weighted by atomic mass is 16.3. The first kappa shape index (κ1) is 14.3. The Hall–Kier alpha value is -2.62. The van der Waals surface area contributed by atoms with Crippen LogP contribution in [0.25, 0.3) is 0 Å². The fourth-order valence-electron chi connectivity index (χ4n) is 2.73. The van der Waals surface area contributed by atoms with Gasteiger partial charge in [-0.25, -0.2) is 5.01 Å². The normalized spacial score (nSPS) is 17.5. The monoisotopic (exact) mass is 294 g/mol. The van der Waals surface area contributed by atoms with Crippen LogP contribution in [0.1, 0.15) is 36.1 Å². The smallest absolute Gasteiger partial charge is 0.240 e. The Kier molecular flexibility index (Phi) is 3.67. The largest absolute Gasteiger partial charge is 0.508 e. The van der Waals surface area contributed by atoms with Gasteiger partial charge >= 0.3 is 0 Å². The molecule has 0 bridgehead atoms. The van der Waals surface area contributed by atoms with Crippen molar-refractivity contribution in [2.75, 3.05) is 0 Å². The molecule has 2 aromatic rings. The molecule has 3 rings (SSSR count). The number of hydrazone groups is 1. The van der Waals surface area contributed by atoms with E-state index in [1.54, 1.807) is 12.1 Å². The fourth-order valence-corrected chi connectivity index (χ4v) is 2.73. The summed E-state index contributed by atoms with van der Waals surface area (Å²) in [4.78, 5) is 11.9. The van der Waals surface area contributed by atoms with Crippen LogP contribution in [0.15, 0.2) is 53.6 Å². The molecule has 4 nitrogen and oxygen atoms in total. The second kappa shape index (κ2) is 5.64. The van der Waals surface area contributed by atoms with Crippen LogP contribution in [0.4, 0.5) is 0 Å². The second-order valence-electron chi connectivity index (χ2n) is 5.56. The average molecular weight is 294 g/mol. The molecule has 0 fully saturated rings. The van der Waals surface area contributed by atoms with Gasteiger partial charge in [-0.3, -0.25) is 4.79 Å². The van der Waals surface area contributed by atoms with Gasteiger partial charge in [0.15, 0.2) is 0 Å². The van der Waals surface area contributed by atoms with Crippen molar-refractivity contribution in [1.29, 1.82) is 0 Å². The van der Waals surface area contributed by atoms with E-state index in [1.807, 2.05) is 43.3 Å². The lowest BCUT2D eigenvalue weighted by Crippen LogP contribution is -2.24. The molecule has 0 aromatic heterocycles. The number of benzene rings is 2. The molecule has 0 saturated heterocycles. The van der Waals surface area contributed by atoms with Crippen molar-refractivity contribution in [3.05, 3.63) is 65.2 Å². The van der Waals surface area contributed by atoms with Gasteiger partial charge in [0.2, 0.25) is 5.91 Å². The van der Waals surface area contributed by atoms with Crippen LogP contribution in [-0.2, 0) is 4.79 Å². The molecule has 0 spiro atoms. The van der Waals surface area contributed by atoms with Gasteiger partial charge in [-0.15, -0.1) is 0 Å². The Morgan fingerprint density at radius 1 is 1.18 bits per heavy atom. The first-order chi connectivity index (χ1) is 10.6. The summed E-state index contributed by atoms with van der Waals surface area (Å²) in [5.41, 5.74) is 3.78. The van der Waals surface area contributed by atoms with E-state index >= 15 is 0 Å². The predicted octanol–water partition coefficient (Wildman–Crippen LogP) is 3.40. The van der Waals surface area contributed by atoms with Gasteiger partial charge < -0.3 is 5.11 Å². The Morgan fingerprint density at radius 3 is 2.50 bits per heavy atom. The van der Waals surface area contributed by atoms with Crippen molar-refractivity contribution < 1.29 is 9.90 Å². The minimum absolute atomic E-state index is 0.129. The van der Waals surface area contributed by atoms with E-state index in [1.165, 1.54) is 17.5 Å². The Morgan fingerprint density at radius 2 is 1.86 bits per heavy atom. The number of para-hydroxylation sites is 1. The molecule has 2 aromatic carbocycles. The molecular formula is C18H18N2O2. The number of aromatic hydroxyl groups is 1. The highest BCUT2D eigenvalue weighted by Crippen LogP contribution is 2.36. The molecule has 0 unspecified atom stereocenters. The zero-order chi connectivity index (χ0) is 15.7. The molecule has 0 saturated carbocycles. The van der Waals surface area contributed by atoms with E-state index in [0.717, 1.165) is 16.8 Å². The zero-order valence-electron chi connectivity index (χ0n) is 12.7. The summed E-state index contributed by atoms with van der Waals surface area (Å²) in [6.45, 7) is 3.53. The quantitative estimate of drug-likeness (QED) is 0.923. The van der Waals surface area contributed by atoms with Crippen LogP contribution in [0.2, 0.25) is 0 Å². The van der Waals surface area contributed by atoms with Crippen molar-refractivity contribution in [2.24, 2.45) is 5.10 Å². The molecule has 1 atom stereocenters. The van der Waals surface area contributed by atoms with Gasteiger partial charge in [-0.05, 0) is 18.6 Å². The van der Waals surface area contributed by atoms with Crippen molar-refractivity contribution in [3.8, 4) is 5.75 Å². The van der Waals surface area contributed by atoms with Crippen LogP contribution in [0.3, 0.4) is 0 Å². The topological polar surface area (TPSA) is 52.9 Å². The van der Waals surface area contributed by atoms with Crippen molar-refractivity contribution in [2.45, 2.75) is 26.3 Å². The highest BCUT2D eigenvalue weighted by molar-refractivity contribution is 6.03. The predicted molar refractivity (Wildman–Crippen MR) is 85.7 cm³/mol. The molecule has 1 amide bonds. The number of phenolic OH excluding ortho intramolecular Hbond substituents is 1. The minimum atomic E-state index is -0.255. The van der Waals surface area contributed by atoms with Crippen molar-refractivity contribution >= 4 is 11.6 Å². The number of aryl methyl sites for hydroxylation is 1. The third-order valence-electron chi connectivity index (χ3n) is 3.91. The molecule has 1 aliphatic heterocycles. The summed E-state index contributed by atoms with van der Waals surface area (Å²) in [5.74, 6) is 0.0643. The van der Waals surface area contributed by atoms with Gasteiger partial charge in [0, 0.05) is 18.9 Å². The molecule has 112 valence electrons. The number of hydrogen-bond donors (Lipinski definition) is 1. The third kappa shape index (κ3) is 2.60. The van der Waals surface area contributed by atoms with E-state index in [-0.39, 0.29) is 17.7 Å². The van der Waals surface area contributed by atoms with Crippen molar-refractivity contribution in [3.63, 3.8) is 0 Å². The lowest BCUT2D eigenvalue weighted by atomic mass is 9.97. The van der Waals surface area contributed by atoms with Gasteiger partial charge in [-0.2, -0.15) is 5.10 Å². The first-order valence-electron chi connectivity index (χ1n) is 7.28. The Balaban J connectivity index is 1.96. The summed E-state index contributed by atoms with van der Waals surface area (Å²) < 4.78 is 0. The van der Waals surface area contributed by atoms with Gasteiger partial charge in [0.1, 0.15) is 5.75 Å². The Labute approximate surface area is 129 Å². The standard InChI is InChI=1S/C18H18N2O2/c1-12-7-9-14(10-8-12)16-11-17(20(19-16)13(2)21)15-5-3-4-6-18(15)22/h3-10,17,22H,11H2,1-2H3/t17-/m1/s1. The molecule has 0 aliphatic carbocycles. The maximum Gasteiger partial charge on any atom is 0.240 e. The van der Waals surface area contributed by atoms with E-state index < -0.39 is 0 Å². The number of carbonyl (C=O) groups excluding carboxylic acids is 1. The SMILES string of the molecule is CC(=O)N1N=C(c2ccc(C)cc2)C[C@@H]1c1ccccc1O. The third-order valence-corrected chi connectivity index (χ3v) is 3.91. The van der Waals surface area contributed by atoms with E-state index in [2.05, 4.69) is 5.10 Å². The summed E-state index contributed by atoms with van der Waals surface area (Å²) in [6.07, 6.45) is 0.597. The average Bonchev–Trinajstić information content (AvgIpc) is 2.93. The number of hydrogen-bond acceptors (Lipinski definition) is 3. The van der Waals surface area contributed by atoms with Crippen molar-refractivity contribution in [1.82, 2.24) is 5.01 Å². The lowest BCUT2D eigenvalue weighted by molar-refractivity contribution is -0.130. The molecule has 0 radical (unpaired) electrons. The number of nitrogens with zero attached hydrogens (tertiary/aromatic N) is 2. The van der Waals surface area contributed by atoms with E-state index in [0.29, 0.717) is 6.42 Å². The summed E-state index contributed by atoms with van der Waals surface area (Å²) in [7, 11) is 0. The molecule has 1 N–H and O–H groups in total. The molecule has 4 heteroatoms. The number of carbonyl (C=O) groups is 1.